The van der Waals surface area contributed by atoms with Crippen LogP contribution < -0.4 is 10.6 Å². The van der Waals surface area contributed by atoms with E-state index >= 15 is 0 Å². The molecule has 0 atom stereocenters. The van der Waals surface area contributed by atoms with E-state index in [2.05, 4.69) is 15.6 Å². The molecule has 15 heavy (non-hydrogen) atoms. The Kier molecular flexibility index (Phi) is 3.16. The van der Waals surface area contributed by atoms with Gasteiger partial charge in [0.05, 0.1) is 6.20 Å². The van der Waals surface area contributed by atoms with E-state index in [0.29, 0.717) is 12.6 Å². The average molecular weight is 209 g/mol. The van der Waals surface area contributed by atoms with Gasteiger partial charge in [-0.2, -0.15) is 0 Å². The van der Waals surface area contributed by atoms with Gasteiger partial charge in [0.1, 0.15) is 11.6 Å². The predicted molar refractivity (Wildman–Crippen MR) is 58.2 cm³/mol. The average Bonchev–Trinajstić information content (AvgIpc) is 3.02. The Hall–Kier alpha value is -1.16. The minimum Gasteiger partial charge on any atom is -0.370 e. The molecule has 0 unspecified atom stereocenters. The van der Waals surface area contributed by atoms with E-state index in [0.717, 1.165) is 17.9 Å². The fourth-order valence-electron chi connectivity index (χ4n) is 1.48. The lowest BCUT2D eigenvalue weighted by molar-refractivity contribution is 0.613. The summed E-state index contributed by atoms with van der Waals surface area (Å²) in [7, 11) is 0. The van der Waals surface area contributed by atoms with Crippen molar-refractivity contribution < 1.29 is 4.39 Å². The highest BCUT2D eigenvalue weighted by Gasteiger charge is 2.20. The normalized spacial score (nSPS) is 15.3. The van der Waals surface area contributed by atoms with Gasteiger partial charge in [-0.25, -0.2) is 9.37 Å². The molecular weight excluding hydrogens is 193 g/mol. The Morgan fingerprint density at radius 3 is 3.00 bits per heavy atom. The molecule has 4 heteroatoms. The lowest BCUT2D eigenvalue weighted by Gasteiger charge is -2.10. The molecule has 1 heterocycles. The minimum absolute atomic E-state index is 0.274. The molecule has 82 valence electrons. The lowest BCUT2D eigenvalue weighted by atomic mass is 10.2. The molecule has 3 nitrogen and oxygen atoms in total. The molecule has 0 radical (unpaired) electrons. The molecule has 0 saturated heterocycles. The standard InChI is InChI=1S/C11H16FN3/c1-2-13-11-8(5-9(12)7-15-11)6-14-10-3-4-10/h5,7,10,14H,2-4,6H2,1H3,(H,13,15). The van der Waals surface area contributed by atoms with Crippen LogP contribution in [-0.2, 0) is 6.54 Å². The first-order chi connectivity index (χ1) is 7.29. The second-order valence-electron chi connectivity index (χ2n) is 3.85. The second kappa shape index (κ2) is 4.57. The Morgan fingerprint density at radius 2 is 2.33 bits per heavy atom. The summed E-state index contributed by atoms with van der Waals surface area (Å²) in [5.74, 6) is 0.510. The summed E-state index contributed by atoms with van der Waals surface area (Å²) >= 11 is 0. The van der Waals surface area contributed by atoms with Crippen molar-refractivity contribution >= 4 is 5.82 Å². The van der Waals surface area contributed by atoms with Gasteiger partial charge in [0.2, 0.25) is 0 Å². The van der Waals surface area contributed by atoms with Crippen LogP contribution in [0.15, 0.2) is 12.3 Å². The summed E-state index contributed by atoms with van der Waals surface area (Å²) in [6, 6.07) is 2.17. The van der Waals surface area contributed by atoms with Gasteiger partial charge in [-0.1, -0.05) is 0 Å². The highest BCUT2D eigenvalue weighted by Crippen LogP contribution is 2.20. The van der Waals surface area contributed by atoms with Gasteiger partial charge >= 0.3 is 0 Å². The summed E-state index contributed by atoms with van der Waals surface area (Å²) in [6.07, 6.45) is 3.72. The van der Waals surface area contributed by atoms with Crippen molar-refractivity contribution in [1.29, 1.82) is 0 Å². The summed E-state index contributed by atoms with van der Waals surface area (Å²) < 4.78 is 13.0. The van der Waals surface area contributed by atoms with Crippen molar-refractivity contribution in [3.05, 3.63) is 23.6 Å². The zero-order chi connectivity index (χ0) is 10.7. The Bertz CT molecular complexity index is 337. The molecule has 1 saturated carbocycles. The predicted octanol–water partition coefficient (Wildman–Crippen LogP) is 1.90. The fraction of sp³-hybridized carbons (Fsp3) is 0.545. The molecule has 0 aromatic carbocycles. The lowest BCUT2D eigenvalue weighted by Crippen LogP contribution is -2.17. The van der Waals surface area contributed by atoms with Gasteiger partial charge in [0, 0.05) is 24.7 Å². The molecule has 1 fully saturated rings. The molecule has 0 amide bonds. The fourth-order valence-corrected chi connectivity index (χ4v) is 1.48. The third-order valence-electron chi connectivity index (χ3n) is 2.44. The summed E-state index contributed by atoms with van der Waals surface area (Å²) in [4.78, 5) is 4.04. The molecule has 1 aliphatic rings. The number of aromatic nitrogens is 1. The van der Waals surface area contributed by atoms with Gasteiger partial charge in [-0.15, -0.1) is 0 Å². The number of rotatable bonds is 5. The van der Waals surface area contributed by atoms with E-state index in [-0.39, 0.29) is 5.82 Å². The maximum atomic E-state index is 13.0. The first-order valence-electron chi connectivity index (χ1n) is 5.41. The smallest absolute Gasteiger partial charge is 0.141 e. The van der Waals surface area contributed by atoms with E-state index in [9.17, 15) is 4.39 Å². The number of anilines is 1. The number of pyridine rings is 1. The van der Waals surface area contributed by atoms with Crippen LogP contribution in [0.5, 0.6) is 0 Å². The first-order valence-corrected chi connectivity index (χ1v) is 5.41. The molecule has 1 aromatic rings. The molecular formula is C11H16FN3. The largest absolute Gasteiger partial charge is 0.370 e. The molecule has 0 spiro atoms. The number of nitrogens with one attached hydrogen (secondary N) is 2. The number of nitrogens with zero attached hydrogens (tertiary/aromatic N) is 1. The van der Waals surface area contributed by atoms with Crippen LogP contribution in [0.3, 0.4) is 0 Å². The highest BCUT2D eigenvalue weighted by molar-refractivity contribution is 5.43. The van der Waals surface area contributed by atoms with Gasteiger partial charge < -0.3 is 10.6 Å². The third kappa shape index (κ3) is 2.89. The van der Waals surface area contributed by atoms with Gasteiger partial charge in [-0.3, -0.25) is 0 Å². The van der Waals surface area contributed by atoms with E-state index in [4.69, 9.17) is 0 Å². The zero-order valence-electron chi connectivity index (χ0n) is 8.89. The Morgan fingerprint density at radius 1 is 1.53 bits per heavy atom. The van der Waals surface area contributed by atoms with Crippen molar-refractivity contribution in [2.45, 2.75) is 32.4 Å². The van der Waals surface area contributed by atoms with E-state index in [1.165, 1.54) is 19.0 Å². The quantitative estimate of drug-likeness (QED) is 0.777. The van der Waals surface area contributed by atoms with Crippen LogP contribution in [-0.4, -0.2) is 17.6 Å². The summed E-state index contributed by atoms with van der Waals surface area (Å²) in [5.41, 5.74) is 0.906. The van der Waals surface area contributed by atoms with E-state index in [1.807, 2.05) is 6.92 Å². The Balaban J connectivity index is 2.05. The van der Waals surface area contributed by atoms with Crippen LogP contribution in [0.25, 0.3) is 0 Å². The monoisotopic (exact) mass is 209 g/mol. The van der Waals surface area contributed by atoms with Crippen LogP contribution in [0.1, 0.15) is 25.3 Å². The molecule has 2 N–H and O–H groups in total. The maximum absolute atomic E-state index is 13.0. The Labute approximate surface area is 89.1 Å². The van der Waals surface area contributed by atoms with Crippen LogP contribution in [0, 0.1) is 5.82 Å². The highest BCUT2D eigenvalue weighted by atomic mass is 19.1. The van der Waals surface area contributed by atoms with Crippen LogP contribution in [0.4, 0.5) is 10.2 Å². The van der Waals surface area contributed by atoms with Gasteiger partial charge in [0.15, 0.2) is 0 Å². The van der Waals surface area contributed by atoms with Crippen molar-refractivity contribution in [3.8, 4) is 0 Å². The van der Waals surface area contributed by atoms with Crippen LogP contribution in [0.2, 0.25) is 0 Å². The van der Waals surface area contributed by atoms with Gasteiger partial charge in [-0.05, 0) is 25.8 Å². The molecule has 1 aromatic heterocycles. The summed E-state index contributed by atoms with van der Waals surface area (Å²) in [6.45, 7) is 3.50. The molecule has 0 aliphatic heterocycles. The number of halogens is 1. The SMILES string of the molecule is CCNc1ncc(F)cc1CNC1CC1. The molecule has 1 aliphatic carbocycles. The topological polar surface area (TPSA) is 37.0 Å². The van der Waals surface area contributed by atoms with Crippen molar-refractivity contribution in [2.75, 3.05) is 11.9 Å². The van der Waals surface area contributed by atoms with Crippen molar-refractivity contribution in [3.63, 3.8) is 0 Å². The second-order valence-corrected chi connectivity index (χ2v) is 3.85. The van der Waals surface area contributed by atoms with Crippen LogP contribution >= 0.6 is 0 Å². The number of hydrogen-bond acceptors (Lipinski definition) is 3. The summed E-state index contributed by atoms with van der Waals surface area (Å²) in [5, 5.41) is 6.48. The van der Waals surface area contributed by atoms with E-state index in [1.54, 1.807) is 6.07 Å². The van der Waals surface area contributed by atoms with Gasteiger partial charge in [0.25, 0.3) is 0 Å². The molecule has 0 bridgehead atoms. The third-order valence-corrected chi connectivity index (χ3v) is 2.44. The zero-order valence-corrected chi connectivity index (χ0v) is 8.89. The first kappa shape index (κ1) is 10.4. The number of hydrogen-bond donors (Lipinski definition) is 2. The van der Waals surface area contributed by atoms with E-state index < -0.39 is 0 Å². The van der Waals surface area contributed by atoms with Crippen molar-refractivity contribution in [2.24, 2.45) is 0 Å². The molecule has 2 rings (SSSR count). The maximum Gasteiger partial charge on any atom is 0.141 e. The minimum atomic E-state index is -0.274. The van der Waals surface area contributed by atoms with Crippen molar-refractivity contribution in [1.82, 2.24) is 10.3 Å².